The number of nitrogens with zero attached hydrogens (tertiary/aromatic N) is 5. The van der Waals surface area contributed by atoms with Gasteiger partial charge in [0.2, 0.25) is 5.95 Å². The number of carbonyl (C=O) groups excluding carboxylic acids is 1. The van der Waals surface area contributed by atoms with Gasteiger partial charge in [-0.2, -0.15) is 0 Å². The van der Waals surface area contributed by atoms with Crippen LogP contribution in [0.15, 0.2) is 67.3 Å². The van der Waals surface area contributed by atoms with E-state index in [-0.39, 0.29) is 5.91 Å². The largest absolute Gasteiger partial charge is 0.383 e. The van der Waals surface area contributed by atoms with E-state index < -0.39 is 0 Å². The smallest absolute Gasteiger partial charge is 0.255 e. The summed E-state index contributed by atoms with van der Waals surface area (Å²) in [6.45, 7) is 3.51. The van der Waals surface area contributed by atoms with E-state index in [0.29, 0.717) is 24.6 Å². The lowest BCUT2D eigenvalue weighted by atomic mass is 10.1. The Kier molecular flexibility index (Phi) is 5.95. The predicted octanol–water partition coefficient (Wildman–Crippen LogP) is 2.49. The molecule has 3 aromatic rings. The van der Waals surface area contributed by atoms with Crippen LogP contribution in [0.5, 0.6) is 0 Å². The molecule has 1 aromatic carbocycles. The van der Waals surface area contributed by atoms with Gasteiger partial charge in [0.1, 0.15) is 0 Å². The minimum absolute atomic E-state index is 0.0119. The molecule has 7 nitrogen and oxygen atoms in total. The fourth-order valence-electron chi connectivity index (χ4n) is 3.40. The average Bonchev–Trinajstić information content (AvgIpc) is 2.80. The van der Waals surface area contributed by atoms with Gasteiger partial charge in [0, 0.05) is 57.5 Å². The lowest BCUT2D eigenvalue weighted by molar-refractivity contribution is 0.0746. The highest BCUT2D eigenvalue weighted by Gasteiger charge is 2.23. The summed E-state index contributed by atoms with van der Waals surface area (Å²) in [5, 5.41) is 3.36. The van der Waals surface area contributed by atoms with Crippen LogP contribution in [-0.4, -0.2) is 58.5 Å². The zero-order valence-electron chi connectivity index (χ0n) is 16.2. The van der Waals surface area contributed by atoms with E-state index in [1.165, 1.54) is 5.56 Å². The number of benzene rings is 1. The average molecular weight is 388 g/mol. The van der Waals surface area contributed by atoms with Crippen LogP contribution in [0.2, 0.25) is 0 Å². The van der Waals surface area contributed by atoms with Crippen LogP contribution in [-0.2, 0) is 6.42 Å². The van der Waals surface area contributed by atoms with Gasteiger partial charge in [0.25, 0.3) is 5.91 Å². The van der Waals surface area contributed by atoms with Crippen molar-refractivity contribution in [2.24, 2.45) is 0 Å². The molecule has 0 atom stereocenters. The summed E-state index contributed by atoms with van der Waals surface area (Å²) in [5.74, 6) is 0.726. The third-order valence-corrected chi connectivity index (χ3v) is 4.97. The number of anilines is 2. The van der Waals surface area contributed by atoms with Gasteiger partial charge >= 0.3 is 0 Å². The van der Waals surface area contributed by atoms with Gasteiger partial charge in [-0.05, 0) is 24.1 Å². The number of amides is 1. The zero-order chi connectivity index (χ0) is 19.9. The number of aromatic nitrogens is 3. The number of pyridine rings is 1. The van der Waals surface area contributed by atoms with Crippen molar-refractivity contribution >= 4 is 17.5 Å². The lowest BCUT2D eigenvalue weighted by Gasteiger charge is -2.34. The van der Waals surface area contributed by atoms with Crippen molar-refractivity contribution in [1.82, 2.24) is 19.9 Å². The normalized spacial score (nSPS) is 13.9. The molecule has 1 saturated heterocycles. The van der Waals surface area contributed by atoms with Crippen LogP contribution in [0.4, 0.5) is 11.6 Å². The topological polar surface area (TPSA) is 74.2 Å². The van der Waals surface area contributed by atoms with E-state index in [1.54, 1.807) is 30.9 Å². The maximum absolute atomic E-state index is 12.9. The van der Waals surface area contributed by atoms with Crippen molar-refractivity contribution in [3.05, 3.63) is 78.4 Å². The first kappa shape index (κ1) is 18.9. The Hall–Kier alpha value is -3.48. The number of carbonyl (C=O) groups is 1. The Bertz CT molecular complexity index is 926. The molecule has 0 bridgehead atoms. The third-order valence-electron chi connectivity index (χ3n) is 4.97. The Balaban J connectivity index is 1.31. The number of piperazine rings is 1. The van der Waals surface area contributed by atoms with Gasteiger partial charge < -0.3 is 15.1 Å². The molecule has 3 heterocycles. The van der Waals surface area contributed by atoms with E-state index >= 15 is 0 Å². The van der Waals surface area contributed by atoms with Crippen LogP contribution in [0, 0.1) is 0 Å². The monoisotopic (exact) mass is 388 g/mol. The van der Waals surface area contributed by atoms with E-state index in [4.69, 9.17) is 0 Å². The summed E-state index contributed by atoms with van der Waals surface area (Å²) in [5.41, 5.74) is 2.75. The number of rotatable bonds is 6. The second-order valence-corrected chi connectivity index (χ2v) is 6.95. The van der Waals surface area contributed by atoms with Gasteiger partial charge in [-0.3, -0.25) is 9.78 Å². The lowest BCUT2D eigenvalue weighted by Crippen LogP contribution is -2.49. The van der Waals surface area contributed by atoms with Crippen molar-refractivity contribution < 1.29 is 4.79 Å². The summed E-state index contributed by atoms with van der Waals surface area (Å²) in [4.78, 5) is 29.7. The summed E-state index contributed by atoms with van der Waals surface area (Å²) < 4.78 is 0. The van der Waals surface area contributed by atoms with Crippen molar-refractivity contribution in [2.45, 2.75) is 6.42 Å². The molecule has 0 aliphatic carbocycles. The van der Waals surface area contributed by atoms with Crippen molar-refractivity contribution in [1.29, 1.82) is 0 Å². The Morgan fingerprint density at radius 1 is 0.966 bits per heavy atom. The number of nitrogens with one attached hydrogen (secondary N) is 1. The van der Waals surface area contributed by atoms with Crippen molar-refractivity contribution in [3.63, 3.8) is 0 Å². The van der Waals surface area contributed by atoms with Crippen molar-refractivity contribution in [2.75, 3.05) is 42.9 Å². The zero-order valence-corrected chi connectivity index (χ0v) is 16.2. The van der Waals surface area contributed by atoms with E-state index in [0.717, 1.165) is 31.7 Å². The first-order chi connectivity index (χ1) is 14.3. The molecule has 1 aliphatic rings. The van der Waals surface area contributed by atoms with Crippen molar-refractivity contribution in [3.8, 4) is 0 Å². The van der Waals surface area contributed by atoms with Crippen LogP contribution in [0.25, 0.3) is 0 Å². The molecule has 148 valence electrons. The molecule has 1 amide bonds. The molecule has 0 unspecified atom stereocenters. The molecule has 2 aromatic heterocycles. The maximum Gasteiger partial charge on any atom is 0.255 e. The molecular weight excluding hydrogens is 364 g/mol. The number of hydrogen-bond donors (Lipinski definition) is 1. The molecule has 1 fully saturated rings. The van der Waals surface area contributed by atoms with Gasteiger partial charge in [0.15, 0.2) is 0 Å². The molecule has 1 aliphatic heterocycles. The quantitative estimate of drug-likeness (QED) is 0.699. The maximum atomic E-state index is 12.9. The summed E-state index contributed by atoms with van der Waals surface area (Å²) in [6, 6.07) is 14.0. The molecule has 4 rings (SSSR count). The Morgan fingerprint density at radius 3 is 2.48 bits per heavy atom. The van der Waals surface area contributed by atoms with Gasteiger partial charge in [-0.15, -0.1) is 0 Å². The van der Waals surface area contributed by atoms with Crippen LogP contribution < -0.4 is 10.2 Å². The molecule has 0 radical (unpaired) electrons. The first-order valence-corrected chi connectivity index (χ1v) is 9.84. The van der Waals surface area contributed by atoms with E-state index in [9.17, 15) is 4.79 Å². The second kappa shape index (κ2) is 9.14. The van der Waals surface area contributed by atoms with Crippen LogP contribution in [0.3, 0.4) is 0 Å². The summed E-state index contributed by atoms with van der Waals surface area (Å²) in [7, 11) is 0. The van der Waals surface area contributed by atoms with Crippen LogP contribution in [0.1, 0.15) is 15.9 Å². The van der Waals surface area contributed by atoms with Gasteiger partial charge in [-0.25, -0.2) is 9.97 Å². The molecular formula is C22H24N6O. The Morgan fingerprint density at radius 2 is 1.72 bits per heavy atom. The van der Waals surface area contributed by atoms with E-state index in [1.807, 2.05) is 29.2 Å². The van der Waals surface area contributed by atoms with E-state index in [2.05, 4.69) is 37.3 Å². The third kappa shape index (κ3) is 4.87. The summed E-state index contributed by atoms with van der Waals surface area (Å²) in [6.07, 6.45) is 7.79. The number of hydrogen-bond acceptors (Lipinski definition) is 6. The summed E-state index contributed by atoms with van der Waals surface area (Å²) >= 11 is 0. The van der Waals surface area contributed by atoms with Gasteiger partial charge in [-0.1, -0.05) is 30.3 Å². The van der Waals surface area contributed by atoms with Crippen LogP contribution >= 0.6 is 0 Å². The standard InChI is InChI=1S/C22H24N6O/c29-21(27-11-13-28(14-12-27)22-25-8-4-9-26-22)19-15-20(17-23-16-19)24-10-7-18-5-2-1-3-6-18/h1-6,8-9,15-17,24H,7,10-14H2. The molecule has 0 saturated carbocycles. The Labute approximate surface area is 170 Å². The minimum atomic E-state index is 0.0119. The SMILES string of the molecule is O=C(c1cncc(NCCc2ccccc2)c1)N1CCN(c2ncccn2)CC1. The first-order valence-electron chi connectivity index (χ1n) is 9.84. The molecule has 29 heavy (non-hydrogen) atoms. The fourth-order valence-corrected chi connectivity index (χ4v) is 3.40. The molecule has 1 N–H and O–H groups in total. The highest BCUT2D eigenvalue weighted by molar-refractivity contribution is 5.94. The fraction of sp³-hybridized carbons (Fsp3) is 0.273. The molecule has 0 spiro atoms. The van der Waals surface area contributed by atoms with Gasteiger partial charge in [0.05, 0.1) is 11.3 Å². The highest BCUT2D eigenvalue weighted by atomic mass is 16.2. The highest BCUT2D eigenvalue weighted by Crippen LogP contribution is 2.15. The predicted molar refractivity (Wildman–Crippen MR) is 113 cm³/mol. The second-order valence-electron chi connectivity index (χ2n) is 6.95. The molecule has 7 heteroatoms. The minimum Gasteiger partial charge on any atom is -0.383 e.